The van der Waals surface area contributed by atoms with Gasteiger partial charge in [-0.25, -0.2) is 0 Å². The van der Waals surface area contributed by atoms with Crippen LogP contribution in [0.2, 0.25) is 0 Å². The lowest BCUT2D eigenvalue weighted by molar-refractivity contribution is -0.132. The van der Waals surface area contributed by atoms with E-state index in [0.717, 1.165) is 25.9 Å². The number of carbonyl (C=O) groups is 2. The fourth-order valence-corrected chi connectivity index (χ4v) is 2.48. The molecule has 2 rings (SSSR count). The number of amides is 2. The highest BCUT2D eigenvalue weighted by Crippen LogP contribution is 2.08. The summed E-state index contributed by atoms with van der Waals surface area (Å²) >= 11 is 0. The molecule has 1 aromatic heterocycles. The highest BCUT2D eigenvalue weighted by molar-refractivity contribution is 5.91. The molecule has 0 radical (unpaired) electrons. The van der Waals surface area contributed by atoms with Crippen LogP contribution >= 0.6 is 0 Å². The molecule has 1 saturated heterocycles. The molecule has 2 N–H and O–H groups in total. The molecule has 0 aromatic carbocycles. The van der Waals surface area contributed by atoms with Gasteiger partial charge in [0.25, 0.3) is 5.91 Å². The average Bonchev–Trinajstić information content (AvgIpc) is 3.11. The molecule has 0 saturated carbocycles. The van der Waals surface area contributed by atoms with Crippen molar-refractivity contribution in [2.75, 3.05) is 39.4 Å². The number of morpholine rings is 1. The van der Waals surface area contributed by atoms with Crippen LogP contribution in [-0.2, 0) is 9.53 Å². The molecule has 0 aliphatic carbocycles. The number of nitrogens with zero attached hydrogens (tertiary/aromatic N) is 1. The highest BCUT2D eigenvalue weighted by atomic mass is 16.5. The molecule has 23 heavy (non-hydrogen) atoms. The highest BCUT2D eigenvalue weighted by Gasteiger charge is 2.28. The van der Waals surface area contributed by atoms with Crippen molar-refractivity contribution >= 4 is 11.8 Å². The van der Waals surface area contributed by atoms with Gasteiger partial charge in [-0.2, -0.15) is 0 Å². The van der Waals surface area contributed by atoms with Gasteiger partial charge in [0.1, 0.15) is 6.04 Å². The first-order valence-corrected chi connectivity index (χ1v) is 8.13. The molecule has 2 amide bonds. The predicted molar refractivity (Wildman–Crippen MR) is 85.1 cm³/mol. The van der Waals surface area contributed by atoms with Gasteiger partial charge < -0.3 is 19.8 Å². The van der Waals surface area contributed by atoms with Crippen LogP contribution in [0.5, 0.6) is 0 Å². The topological polar surface area (TPSA) is 83.8 Å². The Labute approximate surface area is 136 Å². The van der Waals surface area contributed by atoms with Crippen molar-refractivity contribution in [2.45, 2.75) is 25.8 Å². The van der Waals surface area contributed by atoms with Crippen LogP contribution in [-0.4, -0.2) is 62.1 Å². The Kier molecular flexibility index (Phi) is 7.09. The Hall–Kier alpha value is -1.86. The van der Waals surface area contributed by atoms with E-state index in [2.05, 4.69) is 22.5 Å². The number of hydrogen-bond acceptors (Lipinski definition) is 5. The van der Waals surface area contributed by atoms with Gasteiger partial charge >= 0.3 is 0 Å². The molecular weight excluding hydrogens is 298 g/mol. The van der Waals surface area contributed by atoms with Gasteiger partial charge in [-0.1, -0.05) is 13.3 Å². The third kappa shape index (κ3) is 5.37. The SMILES string of the molecule is CCCCN1CCOC[C@@H]1C(=O)NCCNC(=O)c1ccco1. The van der Waals surface area contributed by atoms with E-state index in [-0.39, 0.29) is 23.6 Å². The van der Waals surface area contributed by atoms with Crippen molar-refractivity contribution in [3.05, 3.63) is 24.2 Å². The summed E-state index contributed by atoms with van der Waals surface area (Å²) in [5.41, 5.74) is 0. The summed E-state index contributed by atoms with van der Waals surface area (Å²) in [6.07, 6.45) is 3.62. The second-order valence-corrected chi connectivity index (χ2v) is 5.50. The quantitative estimate of drug-likeness (QED) is 0.686. The van der Waals surface area contributed by atoms with E-state index in [1.165, 1.54) is 6.26 Å². The Bertz CT molecular complexity index is 490. The Morgan fingerprint density at radius 2 is 2.17 bits per heavy atom. The van der Waals surface area contributed by atoms with E-state index in [9.17, 15) is 9.59 Å². The zero-order valence-electron chi connectivity index (χ0n) is 13.5. The van der Waals surface area contributed by atoms with Crippen molar-refractivity contribution in [3.8, 4) is 0 Å². The molecule has 1 aliphatic rings. The molecule has 7 heteroatoms. The monoisotopic (exact) mass is 323 g/mol. The molecular formula is C16H25N3O4. The van der Waals surface area contributed by atoms with E-state index in [1.54, 1.807) is 12.1 Å². The minimum absolute atomic E-state index is 0.0481. The zero-order chi connectivity index (χ0) is 16.5. The van der Waals surface area contributed by atoms with Crippen LogP contribution in [0.15, 0.2) is 22.8 Å². The number of hydrogen-bond donors (Lipinski definition) is 2. The number of rotatable bonds is 8. The van der Waals surface area contributed by atoms with Gasteiger partial charge in [-0.15, -0.1) is 0 Å². The summed E-state index contributed by atoms with van der Waals surface area (Å²) in [6, 6.07) is 3.01. The van der Waals surface area contributed by atoms with E-state index >= 15 is 0 Å². The molecule has 1 aromatic rings. The van der Waals surface area contributed by atoms with E-state index < -0.39 is 0 Å². The third-order valence-corrected chi connectivity index (χ3v) is 3.80. The van der Waals surface area contributed by atoms with Gasteiger partial charge in [0.2, 0.25) is 5.91 Å². The smallest absolute Gasteiger partial charge is 0.287 e. The van der Waals surface area contributed by atoms with E-state index in [1.807, 2.05) is 0 Å². The lowest BCUT2D eigenvalue weighted by Gasteiger charge is -2.34. The fourth-order valence-electron chi connectivity index (χ4n) is 2.48. The molecule has 0 spiro atoms. The van der Waals surface area contributed by atoms with Crippen LogP contribution in [0.25, 0.3) is 0 Å². The zero-order valence-corrected chi connectivity index (χ0v) is 13.5. The molecule has 1 fully saturated rings. The summed E-state index contributed by atoms with van der Waals surface area (Å²) in [6.45, 7) is 5.66. The molecule has 128 valence electrons. The number of nitrogens with one attached hydrogen (secondary N) is 2. The summed E-state index contributed by atoms with van der Waals surface area (Å²) in [5, 5.41) is 5.55. The van der Waals surface area contributed by atoms with Crippen molar-refractivity contribution in [1.29, 1.82) is 0 Å². The molecule has 0 bridgehead atoms. The first kappa shape index (κ1) is 17.5. The van der Waals surface area contributed by atoms with Crippen molar-refractivity contribution in [3.63, 3.8) is 0 Å². The minimum atomic E-state index is -0.283. The summed E-state index contributed by atoms with van der Waals surface area (Å²) < 4.78 is 10.4. The summed E-state index contributed by atoms with van der Waals surface area (Å²) in [5.74, 6) is -0.0642. The summed E-state index contributed by atoms with van der Waals surface area (Å²) in [4.78, 5) is 26.1. The second-order valence-electron chi connectivity index (χ2n) is 5.50. The lowest BCUT2D eigenvalue weighted by atomic mass is 10.2. The van der Waals surface area contributed by atoms with Crippen LogP contribution in [0, 0.1) is 0 Å². The molecule has 1 aliphatic heterocycles. The molecule has 7 nitrogen and oxygen atoms in total. The standard InChI is InChI=1S/C16H25N3O4/c1-2-3-8-19-9-11-22-12-13(19)15(20)17-6-7-18-16(21)14-5-4-10-23-14/h4-5,10,13H,2-3,6-9,11-12H2,1H3,(H,17,20)(H,18,21)/t13-/m1/s1. The second kappa shape index (κ2) is 9.32. The first-order valence-electron chi connectivity index (χ1n) is 8.13. The van der Waals surface area contributed by atoms with Crippen molar-refractivity contribution < 1.29 is 18.7 Å². The Balaban J connectivity index is 1.69. The van der Waals surface area contributed by atoms with E-state index in [4.69, 9.17) is 9.15 Å². The van der Waals surface area contributed by atoms with Gasteiger partial charge in [0, 0.05) is 19.6 Å². The minimum Gasteiger partial charge on any atom is -0.459 e. The maximum atomic E-state index is 12.3. The lowest BCUT2D eigenvalue weighted by Crippen LogP contribution is -2.54. The third-order valence-electron chi connectivity index (χ3n) is 3.80. The van der Waals surface area contributed by atoms with Crippen LogP contribution < -0.4 is 10.6 Å². The van der Waals surface area contributed by atoms with Gasteiger partial charge in [-0.3, -0.25) is 14.5 Å². The van der Waals surface area contributed by atoms with Crippen LogP contribution in [0.3, 0.4) is 0 Å². The van der Waals surface area contributed by atoms with E-state index in [0.29, 0.717) is 26.3 Å². The largest absolute Gasteiger partial charge is 0.459 e. The fraction of sp³-hybridized carbons (Fsp3) is 0.625. The normalized spacial score (nSPS) is 18.6. The van der Waals surface area contributed by atoms with Crippen LogP contribution in [0.1, 0.15) is 30.3 Å². The number of ether oxygens (including phenoxy) is 1. The maximum Gasteiger partial charge on any atom is 0.287 e. The van der Waals surface area contributed by atoms with Crippen molar-refractivity contribution in [2.24, 2.45) is 0 Å². The Morgan fingerprint density at radius 1 is 1.35 bits per heavy atom. The van der Waals surface area contributed by atoms with Gasteiger partial charge in [0.05, 0.1) is 19.5 Å². The van der Waals surface area contributed by atoms with Gasteiger partial charge in [0.15, 0.2) is 5.76 Å². The molecule has 2 heterocycles. The predicted octanol–water partition coefficient (Wildman–Crippen LogP) is 0.627. The molecule has 1 atom stereocenters. The van der Waals surface area contributed by atoms with Gasteiger partial charge in [-0.05, 0) is 25.1 Å². The maximum absolute atomic E-state index is 12.3. The number of carbonyl (C=O) groups excluding carboxylic acids is 2. The Morgan fingerprint density at radius 3 is 2.91 bits per heavy atom. The number of furan rings is 1. The first-order chi connectivity index (χ1) is 11.2. The number of unbranched alkanes of at least 4 members (excludes halogenated alkanes) is 1. The molecule has 0 unspecified atom stereocenters. The summed E-state index contributed by atoms with van der Waals surface area (Å²) in [7, 11) is 0. The van der Waals surface area contributed by atoms with Crippen molar-refractivity contribution in [1.82, 2.24) is 15.5 Å². The average molecular weight is 323 g/mol. The van der Waals surface area contributed by atoms with Crippen LogP contribution in [0.4, 0.5) is 0 Å².